The molecule has 1 rings (SSSR count). The lowest BCUT2D eigenvalue weighted by Gasteiger charge is -2.35. The molecule has 5 heteroatoms. The van der Waals surface area contributed by atoms with Crippen LogP contribution in [0.2, 0.25) is 0 Å². The van der Waals surface area contributed by atoms with Gasteiger partial charge in [-0.05, 0) is 33.2 Å². The van der Waals surface area contributed by atoms with Gasteiger partial charge in [0, 0.05) is 20.2 Å². The number of rotatable bonds is 4. The molecule has 1 fully saturated rings. The van der Waals surface area contributed by atoms with Gasteiger partial charge in [0.25, 0.3) is 11.6 Å². The summed E-state index contributed by atoms with van der Waals surface area (Å²) >= 11 is 0. The monoisotopic (exact) mass is 228 g/mol. The summed E-state index contributed by atoms with van der Waals surface area (Å²) in [5.74, 6) is -0.585. The van der Waals surface area contributed by atoms with E-state index in [-0.39, 0.29) is 11.7 Å². The highest BCUT2D eigenvalue weighted by Gasteiger charge is 2.45. The summed E-state index contributed by atoms with van der Waals surface area (Å²) in [6.07, 6.45) is 3.13. The van der Waals surface area contributed by atoms with Crippen molar-refractivity contribution in [3.8, 4) is 0 Å². The number of methoxy groups -OCH3 is 1. The predicted molar refractivity (Wildman–Crippen MR) is 59.9 cm³/mol. The lowest BCUT2D eigenvalue weighted by atomic mass is 10.0. The number of piperidine rings is 1. The number of nitrogens with zero attached hydrogens (tertiary/aromatic N) is 1. The SMILES string of the molecule is CNC(OC)(C(C)=O)C(=O)N1CCCCC1. The number of ether oxygens (including phenoxy) is 1. The van der Waals surface area contributed by atoms with E-state index >= 15 is 0 Å². The molecular weight excluding hydrogens is 208 g/mol. The molecule has 0 aromatic heterocycles. The minimum Gasteiger partial charge on any atom is -0.349 e. The van der Waals surface area contributed by atoms with Gasteiger partial charge in [-0.25, -0.2) is 0 Å². The molecule has 1 unspecified atom stereocenters. The van der Waals surface area contributed by atoms with E-state index in [9.17, 15) is 9.59 Å². The van der Waals surface area contributed by atoms with Crippen LogP contribution < -0.4 is 5.32 Å². The second-order valence-corrected chi connectivity index (χ2v) is 4.04. The molecule has 1 atom stereocenters. The van der Waals surface area contributed by atoms with Crippen LogP contribution in [0.4, 0.5) is 0 Å². The summed E-state index contributed by atoms with van der Waals surface area (Å²) < 4.78 is 5.11. The highest BCUT2D eigenvalue weighted by molar-refractivity contribution is 6.08. The smallest absolute Gasteiger partial charge is 0.278 e. The molecule has 1 N–H and O–H groups in total. The Balaban J connectivity index is 2.85. The fraction of sp³-hybridized carbons (Fsp3) is 0.818. The second-order valence-electron chi connectivity index (χ2n) is 4.04. The topological polar surface area (TPSA) is 58.6 Å². The first-order chi connectivity index (χ1) is 7.58. The number of Topliss-reactive ketones (excluding diaryl/α,β-unsaturated/α-hetero) is 1. The van der Waals surface area contributed by atoms with E-state index in [1.807, 2.05) is 0 Å². The predicted octanol–water partition coefficient (Wildman–Crippen LogP) is 0.150. The number of likely N-dealkylation sites (tertiary alicyclic amines) is 1. The molecule has 92 valence electrons. The number of likely N-dealkylation sites (N-methyl/N-ethyl adjacent to an activating group) is 1. The molecular formula is C11H20N2O3. The Morgan fingerprint density at radius 2 is 1.81 bits per heavy atom. The lowest BCUT2D eigenvalue weighted by Crippen LogP contribution is -2.63. The Kier molecular flexibility index (Phi) is 4.44. The van der Waals surface area contributed by atoms with E-state index in [1.54, 1.807) is 11.9 Å². The second kappa shape index (κ2) is 5.41. The third kappa shape index (κ3) is 2.25. The average molecular weight is 228 g/mol. The maximum absolute atomic E-state index is 12.2. The van der Waals surface area contributed by atoms with E-state index in [0.717, 1.165) is 19.3 Å². The minimum atomic E-state index is -1.50. The largest absolute Gasteiger partial charge is 0.349 e. The van der Waals surface area contributed by atoms with Crippen molar-refractivity contribution in [3.05, 3.63) is 0 Å². The molecule has 0 aliphatic carbocycles. The summed E-state index contributed by atoms with van der Waals surface area (Å²) in [4.78, 5) is 25.5. The van der Waals surface area contributed by atoms with Gasteiger partial charge in [-0.2, -0.15) is 0 Å². The number of carbonyl (C=O) groups excluding carboxylic acids is 2. The van der Waals surface area contributed by atoms with Crippen LogP contribution in [0.25, 0.3) is 0 Å². The first kappa shape index (κ1) is 13.1. The van der Waals surface area contributed by atoms with Crippen molar-refractivity contribution < 1.29 is 14.3 Å². The molecule has 0 aromatic rings. The molecule has 0 aromatic carbocycles. The average Bonchev–Trinajstić information content (AvgIpc) is 2.32. The van der Waals surface area contributed by atoms with Gasteiger partial charge < -0.3 is 9.64 Å². The number of ketones is 1. The zero-order valence-corrected chi connectivity index (χ0v) is 10.2. The number of hydrogen-bond acceptors (Lipinski definition) is 4. The molecule has 1 aliphatic heterocycles. The standard InChI is InChI=1S/C11H20N2O3/c1-9(14)11(12-2,16-3)10(15)13-7-5-4-6-8-13/h12H,4-8H2,1-3H3. The molecule has 0 spiro atoms. The van der Waals surface area contributed by atoms with Gasteiger partial charge in [0.2, 0.25) is 0 Å². The fourth-order valence-electron chi connectivity index (χ4n) is 2.09. The van der Waals surface area contributed by atoms with E-state index in [1.165, 1.54) is 14.0 Å². The van der Waals surface area contributed by atoms with Crippen molar-refractivity contribution in [3.63, 3.8) is 0 Å². The highest BCUT2D eigenvalue weighted by Crippen LogP contribution is 2.16. The Hall–Kier alpha value is -0.940. The molecule has 1 amide bonds. The van der Waals surface area contributed by atoms with E-state index in [0.29, 0.717) is 13.1 Å². The van der Waals surface area contributed by atoms with E-state index < -0.39 is 5.72 Å². The van der Waals surface area contributed by atoms with Crippen LogP contribution in [0, 0.1) is 0 Å². The zero-order chi connectivity index (χ0) is 12.2. The van der Waals surface area contributed by atoms with Gasteiger partial charge in [0.1, 0.15) is 0 Å². The number of hydrogen-bond donors (Lipinski definition) is 1. The van der Waals surface area contributed by atoms with Crippen molar-refractivity contribution in [2.75, 3.05) is 27.2 Å². The Labute approximate surface area is 96.1 Å². The van der Waals surface area contributed by atoms with Crippen LogP contribution in [-0.4, -0.2) is 49.6 Å². The molecule has 5 nitrogen and oxygen atoms in total. The van der Waals surface area contributed by atoms with Crippen LogP contribution in [0.3, 0.4) is 0 Å². The molecule has 0 radical (unpaired) electrons. The maximum atomic E-state index is 12.2. The molecule has 1 heterocycles. The Morgan fingerprint density at radius 1 is 1.25 bits per heavy atom. The molecule has 0 saturated carbocycles. The summed E-state index contributed by atoms with van der Waals surface area (Å²) in [6.45, 7) is 2.78. The van der Waals surface area contributed by atoms with Crippen molar-refractivity contribution in [2.24, 2.45) is 0 Å². The van der Waals surface area contributed by atoms with Crippen LogP contribution in [-0.2, 0) is 14.3 Å². The van der Waals surface area contributed by atoms with Gasteiger partial charge in [0.15, 0.2) is 5.78 Å². The first-order valence-electron chi connectivity index (χ1n) is 5.63. The van der Waals surface area contributed by atoms with E-state index in [2.05, 4.69) is 5.32 Å². The lowest BCUT2D eigenvalue weighted by molar-refractivity contribution is -0.167. The summed E-state index contributed by atoms with van der Waals surface area (Å²) in [6, 6.07) is 0. The van der Waals surface area contributed by atoms with Gasteiger partial charge in [0.05, 0.1) is 0 Å². The number of nitrogens with one attached hydrogen (secondary N) is 1. The van der Waals surface area contributed by atoms with Gasteiger partial charge >= 0.3 is 0 Å². The Bertz CT molecular complexity index is 268. The molecule has 16 heavy (non-hydrogen) atoms. The van der Waals surface area contributed by atoms with Crippen LogP contribution in [0.5, 0.6) is 0 Å². The van der Waals surface area contributed by atoms with Gasteiger partial charge in [-0.1, -0.05) is 0 Å². The summed E-state index contributed by atoms with van der Waals surface area (Å²) in [7, 11) is 2.94. The third-order valence-electron chi connectivity index (χ3n) is 3.10. The van der Waals surface area contributed by atoms with E-state index in [4.69, 9.17) is 4.74 Å². The normalized spacial score (nSPS) is 20.3. The van der Waals surface area contributed by atoms with Crippen LogP contribution in [0.1, 0.15) is 26.2 Å². The van der Waals surface area contributed by atoms with Crippen molar-refractivity contribution in [1.82, 2.24) is 10.2 Å². The summed E-state index contributed by atoms with van der Waals surface area (Å²) in [5.41, 5.74) is -1.50. The summed E-state index contributed by atoms with van der Waals surface area (Å²) in [5, 5.41) is 2.70. The molecule has 1 saturated heterocycles. The number of amides is 1. The molecule has 0 bridgehead atoms. The van der Waals surface area contributed by atoms with Crippen LogP contribution in [0.15, 0.2) is 0 Å². The van der Waals surface area contributed by atoms with Crippen molar-refractivity contribution in [2.45, 2.75) is 31.9 Å². The number of carbonyl (C=O) groups is 2. The molecule has 1 aliphatic rings. The third-order valence-corrected chi connectivity index (χ3v) is 3.10. The van der Waals surface area contributed by atoms with Crippen molar-refractivity contribution in [1.29, 1.82) is 0 Å². The fourth-order valence-corrected chi connectivity index (χ4v) is 2.09. The zero-order valence-electron chi connectivity index (χ0n) is 10.2. The van der Waals surface area contributed by atoms with Crippen LogP contribution >= 0.6 is 0 Å². The first-order valence-corrected chi connectivity index (χ1v) is 5.63. The van der Waals surface area contributed by atoms with Gasteiger partial charge in [-0.3, -0.25) is 14.9 Å². The van der Waals surface area contributed by atoms with Crippen molar-refractivity contribution >= 4 is 11.7 Å². The highest BCUT2D eigenvalue weighted by atomic mass is 16.5. The maximum Gasteiger partial charge on any atom is 0.278 e. The minimum absolute atomic E-state index is 0.273. The Morgan fingerprint density at radius 3 is 2.19 bits per heavy atom. The van der Waals surface area contributed by atoms with Gasteiger partial charge in [-0.15, -0.1) is 0 Å². The quantitative estimate of drug-likeness (QED) is 0.549.